The molecule has 3 N–H and O–H groups in total. The minimum atomic E-state index is -1.27. The number of hydrogen-bond donors (Lipinski definition) is 3. The Hall–Kier alpha value is -3.66. The van der Waals surface area contributed by atoms with Crippen LogP contribution in [0.3, 0.4) is 0 Å². The van der Waals surface area contributed by atoms with Crippen molar-refractivity contribution in [2.45, 2.75) is 50.6 Å². The molecule has 3 aromatic carbocycles. The van der Waals surface area contributed by atoms with Crippen molar-refractivity contribution in [2.75, 3.05) is 24.9 Å². The predicted octanol–water partition coefficient (Wildman–Crippen LogP) is 6.32. The number of hydrogen-bond acceptors (Lipinski definition) is 6. The lowest BCUT2D eigenvalue weighted by molar-refractivity contribution is -0.122. The van der Waals surface area contributed by atoms with Gasteiger partial charge in [-0.15, -0.1) is 0 Å². The van der Waals surface area contributed by atoms with Crippen LogP contribution in [0.4, 0.5) is 15.8 Å². The van der Waals surface area contributed by atoms with Gasteiger partial charge in [0.25, 0.3) is 0 Å². The van der Waals surface area contributed by atoms with E-state index in [9.17, 15) is 18.8 Å². The molecule has 3 aromatic rings. The van der Waals surface area contributed by atoms with Crippen LogP contribution in [0.25, 0.3) is 0 Å². The molecule has 2 heterocycles. The van der Waals surface area contributed by atoms with E-state index < -0.39 is 41.1 Å². The summed E-state index contributed by atoms with van der Waals surface area (Å²) in [5, 5.41) is 9.72. The van der Waals surface area contributed by atoms with E-state index in [-0.39, 0.29) is 27.7 Å². The Morgan fingerprint density at radius 3 is 2.44 bits per heavy atom. The van der Waals surface area contributed by atoms with Crippen molar-refractivity contribution in [1.82, 2.24) is 5.32 Å². The normalized spacial score (nSPS) is 22.7. The van der Waals surface area contributed by atoms with E-state index in [4.69, 9.17) is 32.7 Å². The monoisotopic (exact) mass is 627 g/mol. The Morgan fingerprint density at radius 2 is 1.79 bits per heavy atom. The molecule has 43 heavy (non-hydrogen) atoms. The minimum Gasteiger partial charge on any atom is -0.495 e. The third-order valence-corrected chi connectivity index (χ3v) is 8.61. The van der Waals surface area contributed by atoms with Crippen molar-refractivity contribution in [3.63, 3.8) is 0 Å². The van der Waals surface area contributed by atoms with Crippen molar-refractivity contribution in [2.24, 2.45) is 5.41 Å². The van der Waals surface area contributed by atoms with Gasteiger partial charge in [0.2, 0.25) is 11.8 Å². The van der Waals surface area contributed by atoms with E-state index in [0.29, 0.717) is 33.9 Å². The molecule has 1 saturated heterocycles. The fourth-order valence-corrected chi connectivity index (χ4v) is 6.74. The molecule has 1 spiro atoms. The number of esters is 1. The van der Waals surface area contributed by atoms with Crippen LogP contribution in [0.2, 0.25) is 10.0 Å². The van der Waals surface area contributed by atoms with Crippen molar-refractivity contribution in [3.8, 4) is 5.75 Å². The average Bonchev–Trinajstić information content (AvgIpc) is 3.43. The summed E-state index contributed by atoms with van der Waals surface area (Å²) in [6, 6.07) is 12.5. The lowest BCUT2D eigenvalue weighted by atomic mass is 9.62. The van der Waals surface area contributed by atoms with Gasteiger partial charge in [0.15, 0.2) is 0 Å². The summed E-state index contributed by atoms with van der Waals surface area (Å²) < 4.78 is 24.6. The number of anilines is 2. The summed E-state index contributed by atoms with van der Waals surface area (Å²) in [5.41, 5.74) is 0.799. The van der Waals surface area contributed by atoms with Crippen LogP contribution in [-0.4, -0.2) is 44.1 Å². The highest BCUT2D eigenvalue weighted by Gasteiger charge is 2.65. The summed E-state index contributed by atoms with van der Waals surface area (Å²) in [5.74, 6) is -2.49. The summed E-state index contributed by atoms with van der Waals surface area (Å²) in [6.45, 7) is 6.18. The Morgan fingerprint density at radius 1 is 1.05 bits per heavy atom. The second kappa shape index (κ2) is 11.4. The van der Waals surface area contributed by atoms with Crippen LogP contribution < -0.4 is 20.7 Å². The lowest BCUT2D eigenvalue weighted by Crippen LogP contribution is -2.49. The zero-order valence-corrected chi connectivity index (χ0v) is 25.8. The number of rotatable bonds is 6. The molecule has 8 nitrogen and oxygen atoms in total. The van der Waals surface area contributed by atoms with Crippen LogP contribution in [0.15, 0.2) is 54.6 Å². The average molecular weight is 629 g/mol. The van der Waals surface area contributed by atoms with Crippen molar-refractivity contribution in [1.29, 1.82) is 0 Å². The Labute approximate surface area is 259 Å². The fraction of sp³-hybridized carbons (Fsp3) is 0.344. The van der Waals surface area contributed by atoms with Crippen molar-refractivity contribution < 1.29 is 28.2 Å². The molecule has 0 unspecified atom stereocenters. The van der Waals surface area contributed by atoms with Crippen LogP contribution in [0.5, 0.6) is 5.75 Å². The number of halogens is 3. The minimum absolute atomic E-state index is 0.124. The van der Waals surface area contributed by atoms with E-state index in [1.807, 2.05) is 0 Å². The summed E-state index contributed by atoms with van der Waals surface area (Å²) in [7, 11) is 2.69. The largest absolute Gasteiger partial charge is 0.495 e. The molecule has 0 aliphatic carbocycles. The molecule has 11 heteroatoms. The van der Waals surface area contributed by atoms with Gasteiger partial charge in [-0.25, -0.2) is 9.18 Å². The highest BCUT2D eigenvalue weighted by Crippen LogP contribution is 2.57. The maximum absolute atomic E-state index is 14.4. The van der Waals surface area contributed by atoms with E-state index in [2.05, 4.69) is 36.7 Å². The van der Waals surface area contributed by atoms with Gasteiger partial charge in [0, 0.05) is 22.7 Å². The standard InChI is InChI=1S/C32H32Cl2FN3O5/c1-31(2,3)15-25-32(19-9-8-18(33)14-23(19)37-30(32)41)26(16-6-10-21(35)20(34)12-16)27(38-25)28(39)36-22-11-7-17(29(40)43-5)13-24(22)42-4/h6-14,25-27,38H,15H2,1-5H3,(H,36,39)(H,37,41)/t25-,26-,27-,32+/m0/s1. The van der Waals surface area contributed by atoms with Crippen LogP contribution in [-0.2, 0) is 19.7 Å². The third-order valence-electron chi connectivity index (χ3n) is 8.09. The van der Waals surface area contributed by atoms with Gasteiger partial charge in [-0.3, -0.25) is 9.59 Å². The van der Waals surface area contributed by atoms with Gasteiger partial charge in [-0.1, -0.05) is 56.1 Å². The Bertz CT molecular complexity index is 1620. The summed E-state index contributed by atoms with van der Waals surface area (Å²) in [4.78, 5) is 40.6. The number of carbonyl (C=O) groups excluding carboxylic acids is 3. The van der Waals surface area contributed by atoms with Crippen LogP contribution >= 0.6 is 23.2 Å². The first-order valence-electron chi connectivity index (χ1n) is 13.7. The zero-order valence-electron chi connectivity index (χ0n) is 24.3. The molecule has 0 radical (unpaired) electrons. The highest BCUT2D eigenvalue weighted by molar-refractivity contribution is 6.31. The second-order valence-electron chi connectivity index (χ2n) is 12.0. The number of benzene rings is 3. The Balaban J connectivity index is 1.67. The first-order valence-corrected chi connectivity index (χ1v) is 14.5. The maximum atomic E-state index is 14.4. The molecule has 2 aliphatic rings. The van der Waals surface area contributed by atoms with Gasteiger partial charge in [0.05, 0.1) is 36.5 Å². The molecule has 5 rings (SSSR count). The number of ether oxygens (including phenoxy) is 2. The van der Waals surface area contributed by atoms with Gasteiger partial charge >= 0.3 is 5.97 Å². The van der Waals surface area contributed by atoms with E-state index >= 15 is 0 Å². The van der Waals surface area contributed by atoms with Gasteiger partial charge in [0.1, 0.15) is 17.0 Å². The molecule has 0 aromatic heterocycles. The first-order chi connectivity index (χ1) is 20.3. The van der Waals surface area contributed by atoms with Crippen LogP contribution in [0, 0.1) is 11.2 Å². The lowest BCUT2D eigenvalue weighted by Gasteiger charge is -2.37. The number of nitrogens with one attached hydrogen (secondary N) is 3. The highest BCUT2D eigenvalue weighted by atomic mass is 35.5. The Kier molecular flexibility index (Phi) is 8.19. The molecular formula is C32H32Cl2FN3O5. The molecule has 4 atom stereocenters. The van der Waals surface area contributed by atoms with Gasteiger partial charge in [-0.05, 0) is 65.4 Å². The quantitative estimate of drug-likeness (QED) is 0.276. The fourth-order valence-electron chi connectivity index (χ4n) is 6.38. The SMILES string of the molecule is COC(=O)c1ccc(NC(=O)[C@H]2N[C@@H](CC(C)(C)C)[C@@]3(C(=O)Nc4cc(Cl)ccc43)[C@H]2c2ccc(F)c(Cl)c2)c(OC)c1. The number of methoxy groups -OCH3 is 2. The molecular weight excluding hydrogens is 596 g/mol. The molecule has 2 amide bonds. The summed E-state index contributed by atoms with van der Waals surface area (Å²) in [6.07, 6.45) is 0.523. The zero-order chi connectivity index (χ0) is 31.3. The predicted molar refractivity (Wildman–Crippen MR) is 164 cm³/mol. The molecule has 2 aliphatic heterocycles. The van der Waals surface area contributed by atoms with Crippen LogP contribution in [0.1, 0.15) is 54.6 Å². The number of fused-ring (bicyclic) bond motifs is 2. The van der Waals surface area contributed by atoms with Gasteiger partial charge in [-0.2, -0.15) is 0 Å². The molecule has 1 fully saturated rings. The smallest absolute Gasteiger partial charge is 0.337 e. The first kappa shape index (κ1) is 30.8. The number of amides is 2. The van der Waals surface area contributed by atoms with E-state index in [0.717, 1.165) is 0 Å². The molecule has 0 bridgehead atoms. The van der Waals surface area contributed by atoms with Crippen molar-refractivity contribution in [3.05, 3.63) is 87.2 Å². The second-order valence-corrected chi connectivity index (χ2v) is 12.9. The molecule has 226 valence electrons. The molecule has 0 saturated carbocycles. The van der Waals surface area contributed by atoms with Crippen molar-refractivity contribution >= 4 is 52.4 Å². The maximum Gasteiger partial charge on any atom is 0.337 e. The third kappa shape index (κ3) is 5.46. The van der Waals surface area contributed by atoms with E-state index in [1.54, 1.807) is 30.3 Å². The number of carbonyl (C=O) groups is 3. The summed E-state index contributed by atoms with van der Waals surface area (Å²) >= 11 is 12.6. The van der Waals surface area contributed by atoms with Gasteiger partial charge < -0.3 is 25.4 Å². The van der Waals surface area contributed by atoms with E-state index in [1.165, 1.54) is 38.5 Å². The topological polar surface area (TPSA) is 106 Å².